The summed E-state index contributed by atoms with van der Waals surface area (Å²) >= 11 is 6.05. The third-order valence-electron chi connectivity index (χ3n) is 4.63. The Balaban J connectivity index is 2.05. The van der Waals surface area contributed by atoms with E-state index in [0.29, 0.717) is 16.8 Å². The Bertz CT molecular complexity index is 444. The normalized spacial score (nSPS) is 19.4. The van der Waals surface area contributed by atoms with Crippen molar-refractivity contribution in [2.24, 2.45) is 0 Å². The number of halogens is 1. The molecule has 1 saturated heterocycles. The van der Waals surface area contributed by atoms with E-state index in [0.717, 1.165) is 12.1 Å². The van der Waals surface area contributed by atoms with Crippen molar-refractivity contribution in [2.75, 3.05) is 26.7 Å². The molecule has 1 aromatic rings. The zero-order valence-electron chi connectivity index (χ0n) is 12.6. The highest BCUT2D eigenvalue weighted by molar-refractivity contribution is 6.30. The second-order valence-corrected chi connectivity index (χ2v) is 6.15. The van der Waals surface area contributed by atoms with Gasteiger partial charge in [-0.1, -0.05) is 18.5 Å². The predicted octanol–water partition coefficient (Wildman–Crippen LogP) is 3.52. The summed E-state index contributed by atoms with van der Waals surface area (Å²) in [6.07, 6.45) is 2.38. The van der Waals surface area contributed by atoms with Crippen LogP contribution >= 0.6 is 11.6 Å². The Morgan fingerprint density at radius 2 is 2.05 bits per heavy atom. The second-order valence-electron chi connectivity index (χ2n) is 5.71. The lowest BCUT2D eigenvalue weighted by molar-refractivity contribution is 0.103. The Morgan fingerprint density at radius 1 is 1.40 bits per heavy atom. The molecule has 112 valence electrons. The number of likely N-dealkylation sites (tertiary alicyclic amines) is 1. The lowest BCUT2D eigenvalue weighted by Gasteiger charge is -2.39. The molecule has 1 unspecified atom stereocenters. The molecule has 1 aliphatic heterocycles. The van der Waals surface area contributed by atoms with Gasteiger partial charge in [-0.2, -0.15) is 0 Å². The molecule has 1 atom stereocenters. The molecule has 0 radical (unpaired) electrons. The fraction of sp³-hybridized carbons (Fsp3) is 0.625. The van der Waals surface area contributed by atoms with Crippen LogP contribution in [0.25, 0.3) is 0 Å². The van der Waals surface area contributed by atoms with Gasteiger partial charge in [-0.3, -0.25) is 4.90 Å². The minimum Gasteiger partial charge on any atom is -0.508 e. The molecule has 4 heteroatoms. The van der Waals surface area contributed by atoms with Gasteiger partial charge in [0.1, 0.15) is 5.75 Å². The molecule has 0 spiro atoms. The van der Waals surface area contributed by atoms with Crippen molar-refractivity contribution in [1.82, 2.24) is 9.80 Å². The van der Waals surface area contributed by atoms with E-state index >= 15 is 0 Å². The summed E-state index contributed by atoms with van der Waals surface area (Å²) in [5.41, 5.74) is 0.915. The predicted molar refractivity (Wildman–Crippen MR) is 84.4 cm³/mol. The number of hydrogen-bond donors (Lipinski definition) is 1. The summed E-state index contributed by atoms with van der Waals surface area (Å²) in [6.45, 7) is 7.83. The van der Waals surface area contributed by atoms with Gasteiger partial charge in [0.2, 0.25) is 0 Å². The lowest BCUT2D eigenvalue weighted by Crippen LogP contribution is -2.44. The maximum absolute atomic E-state index is 10.0. The van der Waals surface area contributed by atoms with Crippen LogP contribution in [0.5, 0.6) is 5.75 Å². The van der Waals surface area contributed by atoms with E-state index in [1.807, 2.05) is 6.07 Å². The first-order valence-corrected chi connectivity index (χ1v) is 7.83. The molecule has 0 bridgehead atoms. The molecule has 1 fully saturated rings. The zero-order valence-corrected chi connectivity index (χ0v) is 13.4. The molecule has 0 aromatic heterocycles. The summed E-state index contributed by atoms with van der Waals surface area (Å²) in [5, 5.41) is 10.7. The van der Waals surface area contributed by atoms with E-state index in [9.17, 15) is 5.11 Å². The largest absolute Gasteiger partial charge is 0.508 e. The molecule has 1 N–H and O–H groups in total. The zero-order chi connectivity index (χ0) is 14.7. The molecule has 0 aliphatic carbocycles. The Kier molecular flexibility index (Phi) is 5.30. The topological polar surface area (TPSA) is 26.7 Å². The summed E-state index contributed by atoms with van der Waals surface area (Å²) in [4.78, 5) is 4.87. The maximum atomic E-state index is 10.0. The van der Waals surface area contributed by atoms with Crippen molar-refractivity contribution in [2.45, 2.75) is 38.8 Å². The number of aromatic hydroxyl groups is 1. The third kappa shape index (κ3) is 3.46. The summed E-state index contributed by atoms with van der Waals surface area (Å²) in [5.74, 6) is 0.333. The fourth-order valence-corrected chi connectivity index (χ4v) is 3.22. The van der Waals surface area contributed by atoms with Crippen LogP contribution in [0.4, 0.5) is 0 Å². The quantitative estimate of drug-likeness (QED) is 0.921. The first-order chi connectivity index (χ1) is 9.52. The van der Waals surface area contributed by atoms with Crippen molar-refractivity contribution < 1.29 is 5.11 Å². The Labute approximate surface area is 127 Å². The van der Waals surface area contributed by atoms with Crippen LogP contribution < -0.4 is 0 Å². The third-order valence-corrected chi connectivity index (χ3v) is 4.87. The van der Waals surface area contributed by atoms with Crippen molar-refractivity contribution in [1.29, 1.82) is 0 Å². The van der Waals surface area contributed by atoms with E-state index < -0.39 is 0 Å². The smallest absolute Gasteiger partial charge is 0.120 e. The minimum atomic E-state index is 0.173. The van der Waals surface area contributed by atoms with Crippen molar-refractivity contribution in [3.63, 3.8) is 0 Å². The molecular formula is C16H25ClN2O. The molecule has 3 nitrogen and oxygen atoms in total. The fourth-order valence-electron chi connectivity index (χ4n) is 3.04. The van der Waals surface area contributed by atoms with Gasteiger partial charge in [-0.15, -0.1) is 0 Å². The summed E-state index contributed by atoms with van der Waals surface area (Å²) in [6, 6.07) is 6.03. The van der Waals surface area contributed by atoms with Gasteiger partial charge < -0.3 is 10.0 Å². The summed E-state index contributed by atoms with van der Waals surface area (Å²) < 4.78 is 0. The lowest BCUT2D eigenvalue weighted by atomic mass is 9.99. The molecule has 0 saturated carbocycles. The van der Waals surface area contributed by atoms with Crippen molar-refractivity contribution in [3.05, 3.63) is 28.8 Å². The number of piperidine rings is 1. The van der Waals surface area contributed by atoms with Crippen LogP contribution in [0.2, 0.25) is 5.02 Å². The number of phenols is 1. The van der Waals surface area contributed by atoms with Crippen LogP contribution in [0.15, 0.2) is 18.2 Å². The van der Waals surface area contributed by atoms with Gasteiger partial charge in [0.05, 0.1) is 0 Å². The van der Waals surface area contributed by atoms with E-state index in [1.165, 1.54) is 25.9 Å². The molecule has 20 heavy (non-hydrogen) atoms. The van der Waals surface area contributed by atoms with Crippen LogP contribution in [-0.2, 0) is 0 Å². The van der Waals surface area contributed by atoms with E-state index in [2.05, 4.69) is 30.7 Å². The van der Waals surface area contributed by atoms with Crippen LogP contribution in [0, 0.1) is 0 Å². The highest BCUT2D eigenvalue weighted by atomic mass is 35.5. The highest BCUT2D eigenvalue weighted by Crippen LogP contribution is 2.32. The van der Waals surface area contributed by atoms with Gasteiger partial charge >= 0.3 is 0 Å². The van der Waals surface area contributed by atoms with Gasteiger partial charge in [0, 0.05) is 22.7 Å². The van der Waals surface area contributed by atoms with Gasteiger partial charge in [-0.25, -0.2) is 0 Å². The number of nitrogens with zero attached hydrogens (tertiary/aromatic N) is 2. The summed E-state index contributed by atoms with van der Waals surface area (Å²) in [7, 11) is 2.15. The van der Waals surface area contributed by atoms with Crippen LogP contribution in [-0.4, -0.2) is 47.6 Å². The minimum absolute atomic E-state index is 0.173. The molecule has 1 aliphatic rings. The van der Waals surface area contributed by atoms with E-state index in [4.69, 9.17) is 11.6 Å². The second kappa shape index (κ2) is 6.79. The standard InChI is InChI=1S/C16H25ClN2O/c1-4-19-9-7-14(8-10-19)18(3)12(2)15-11-13(17)5-6-16(15)20/h5-6,11-12,14,20H,4,7-10H2,1-3H3. The number of phenolic OH excluding ortho intramolecular Hbond substituents is 1. The average molecular weight is 297 g/mol. The van der Waals surface area contributed by atoms with E-state index in [1.54, 1.807) is 12.1 Å². The monoisotopic (exact) mass is 296 g/mol. The first-order valence-electron chi connectivity index (χ1n) is 7.45. The maximum Gasteiger partial charge on any atom is 0.120 e. The van der Waals surface area contributed by atoms with Gasteiger partial charge in [-0.05, 0) is 64.6 Å². The number of benzene rings is 1. The molecular weight excluding hydrogens is 272 g/mol. The molecule has 1 heterocycles. The number of hydrogen-bond acceptors (Lipinski definition) is 3. The van der Waals surface area contributed by atoms with Gasteiger partial charge in [0.15, 0.2) is 0 Å². The van der Waals surface area contributed by atoms with Gasteiger partial charge in [0.25, 0.3) is 0 Å². The molecule has 2 rings (SSSR count). The number of rotatable bonds is 4. The van der Waals surface area contributed by atoms with E-state index in [-0.39, 0.29) is 6.04 Å². The van der Waals surface area contributed by atoms with Crippen molar-refractivity contribution >= 4 is 11.6 Å². The molecule has 0 amide bonds. The van der Waals surface area contributed by atoms with Crippen LogP contribution in [0.3, 0.4) is 0 Å². The average Bonchev–Trinajstić information content (AvgIpc) is 2.48. The first kappa shape index (κ1) is 15.6. The Hall–Kier alpha value is -0.770. The molecule has 1 aromatic carbocycles. The van der Waals surface area contributed by atoms with Crippen molar-refractivity contribution in [3.8, 4) is 5.75 Å². The SMILES string of the molecule is CCN1CCC(N(C)C(C)c2cc(Cl)ccc2O)CC1. The van der Waals surface area contributed by atoms with Crippen LogP contribution in [0.1, 0.15) is 38.3 Å². The Morgan fingerprint density at radius 3 is 2.65 bits per heavy atom. The highest BCUT2D eigenvalue weighted by Gasteiger charge is 2.26.